The molecule has 2 N–H and O–H groups in total. The van der Waals surface area contributed by atoms with Crippen LogP contribution in [-0.4, -0.2) is 45.3 Å². The van der Waals surface area contributed by atoms with Crippen LogP contribution in [0.25, 0.3) is 0 Å². The first-order valence-corrected chi connectivity index (χ1v) is 17.4. The Morgan fingerprint density at radius 1 is 0.475 bits per heavy atom. The highest BCUT2D eigenvalue weighted by Crippen LogP contribution is 2.34. The molecule has 17 nitrogen and oxygen atoms in total. The molecular formula is C42H24N6O11. The predicted molar refractivity (Wildman–Crippen MR) is 210 cm³/mol. The third-order valence-electron chi connectivity index (χ3n) is 9.35. The molecule has 6 aromatic carbocycles. The van der Waals surface area contributed by atoms with Crippen molar-refractivity contribution >= 4 is 69.6 Å². The number of nitro groups is 2. The van der Waals surface area contributed by atoms with E-state index < -0.39 is 45.3 Å². The SMILES string of the molecule is O=C(Nc1cccc([N+](=O)[O-])c1)c1ccc2c(c1)C(=O)N(c1ccc(Oc3ccc(N4C(=O)c5ccc(C(=O)Nc6cccc([N+](=O)[O-])c6)cc5C4=O)cc3)cc1)C2=O. The Kier molecular flexibility index (Phi) is 9.21. The van der Waals surface area contributed by atoms with Gasteiger partial charge in [-0.15, -0.1) is 0 Å². The molecular weight excluding hydrogens is 764 g/mol. The van der Waals surface area contributed by atoms with Gasteiger partial charge in [0.2, 0.25) is 0 Å². The Morgan fingerprint density at radius 2 is 0.847 bits per heavy atom. The third-order valence-corrected chi connectivity index (χ3v) is 9.35. The average molecular weight is 789 g/mol. The van der Waals surface area contributed by atoms with E-state index in [0.29, 0.717) is 11.5 Å². The summed E-state index contributed by atoms with van der Waals surface area (Å²) in [5.74, 6) is -3.14. The molecule has 2 aliphatic rings. The van der Waals surface area contributed by atoms with E-state index in [1.54, 1.807) is 0 Å². The zero-order valence-electron chi connectivity index (χ0n) is 30.0. The van der Waals surface area contributed by atoms with Crippen molar-refractivity contribution < 1.29 is 43.4 Å². The molecule has 6 amide bonds. The van der Waals surface area contributed by atoms with E-state index in [4.69, 9.17) is 4.74 Å². The summed E-state index contributed by atoms with van der Waals surface area (Å²) in [4.78, 5) is 102. The number of nitro benzene ring substituents is 2. The van der Waals surface area contributed by atoms with Crippen LogP contribution in [0.15, 0.2) is 133 Å². The van der Waals surface area contributed by atoms with Gasteiger partial charge < -0.3 is 15.4 Å². The lowest BCUT2D eigenvalue weighted by Crippen LogP contribution is -2.29. The molecule has 0 atom stereocenters. The largest absolute Gasteiger partial charge is 0.457 e. The van der Waals surface area contributed by atoms with Gasteiger partial charge in [-0.3, -0.25) is 49.0 Å². The van der Waals surface area contributed by atoms with Gasteiger partial charge in [0.25, 0.3) is 46.8 Å². The number of carbonyl (C=O) groups is 6. The standard InChI is InChI=1S/C42H24N6O11/c49-37(43-25-3-1-5-29(21-25)47(55)56)23-7-17-33-35(19-23)41(53)45(39(33)51)27-9-13-31(14-10-27)59-32-15-11-28(12-16-32)46-40(52)34-18-8-24(20-36(34)42(46)54)38(50)44-26-4-2-6-30(22-26)48(57)58/h1-22H,(H,43,49)(H,44,50). The molecule has 0 unspecified atom stereocenters. The lowest BCUT2D eigenvalue weighted by Gasteiger charge is -2.16. The fourth-order valence-electron chi connectivity index (χ4n) is 6.50. The minimum Gasteiger partial charge on any atom is -0.457 e. The number of hydrogen-bond acceptors (Lipinski definition) is 11. The van der Waals surface area contributed by atoms with Crippen LogP contribution in [0, 0.1) is 20.2 Å². The maximum Gasteiger partial charge on any atom is 0.271 e. The van der Waals surface area contributed by atoms with Crippen LogP contribution in [0.3, 0.4) is 0 Å². The molecule has 2 aliphatic heterocycles. The zero-order chi connectivity index (χ0) is 41.5. The van der Waals surface area contributed by atoms with Crippen molar-refractivity contribution in [3.63, 3.8) is 0 Å². The topological polar surface area (TPSA) is 228 Å². The zero-order valence-corrected chi connectivity index (χ0v) is 30.0. The molecule has 0 aliphatic carbocycles. The number of ether oxygens (including phenoxy) is 1. The molecule has 0 radical (unpaired) electrons. The van der Waals surface area contributed by atoms with Crippen molar-refractivity contribution in [2.24, 2.45) is 0 Å². The molecule has 0 bridgehead atoms. The summed E-state index contributed by atoms with van der Waals surface area (Å²) in [7, 11) is 0. The Morgan fingerprint density at radius 3 is 1.22 bits per heavy atom. The summed E-state index contributed by atoms with van der Waals surface area (Å²) in [6.07, 6.45) is 0. The fraction of sp³-hybridized carbons (Fsp3) is 0. The van der Waals surface area contributed by atoms with Crippen molar-refractivity contribution in [2.75, 3.05) is 20.4 Å². The van der Waals surface area contributed by atoms with Gasteiger partial charge in [-0.25, -0.2) is 9.80 Å². The van der Waals surface area contributed by atoms with Gasteiger partial charge in [0.1, 0.15) is 11.5 Å². The minimum absolute atomic E-state index is 0.00392. The predicted octanol–water partition coefficient (Wildman–Crippen LogP) is 7.40. The van der Waals surface area contributed by atoms with Crippen LogP contribution >= 0.6 is 0 Å². The molecule has 0 spiro atoms. The lowest BCUT2D eigenvalue weighted by molar-refractivity contribution is -0.385. The molecule has 0 aromatic heterocycles. The van der Waals surface area contributed by atoms with Crippen molar-refractivity contribution in [3.8, 4) is 11.5 Å². The van der Waals surface area contributed by atoms with Gasteiger partial charge in [-0.05, 0) is 97.1 Å². The van der Waals surface area contributed by atoms with Crippen molar-refractivity contribution in [1.29, 1.82) is 0 Å². The number of nitrogens with zero attached hydrogens (tertiary/aromatic N) is 4. The van der Waals surface area contributed by atoms with Crippen LogP contribution < -0.4 is 25.2 Å². The average Bonchev–Trinajstić information content (AvgIpc) is 3.64. The summed E-state index contributed by atoms with van der Waals surface area (Å²) >= 11 is 0. The molecule has 2 heterocycles. The summed E-state index contributed by atoms with van der Waals surface area (Å²) in [6.45, 7) is 0. The smallest absolute Gasteiger partial charge is 0.271 e. The first-order chi connectivity index (χ1) is 28.4. The van der Waals surface area contributed by atoms with Crippen LogP contribution in [0.2, 0.25) is 0 Å². The van der Waals surface area contributed by atoms with Crippen LogP contribution in [-0.2, 0) is 0 Å². The Bertz CT molecular complexity index is 2650. The second-order valence-electron chi connectivity index (χ2n) is 13.0. The van der Waals surface area contributed by atoms with Crippen LogP contribution in [0.5, 0.6) is 11.5 Å². The fourth-order valence-corrected chi connectivity index (χ4v) is 6.50. The number of nitrogens with one attached hydrogen (secondary N) is 2. The van der Waals surface area contributed by atoms with E-state index in [0.717, 1.165) is 9.80 Å². The first kappa shape index (κ1) is 37.1. The number of benzene rings is 6. The molecule has 6 aromatic rings. The van der Waals surface area contributed by atoms with E-state index in [-0.39, 0.29) is 67.5 Å². The highest BCUT2D eigenvalue weighted by atomic mass is 16.6. The summed E-state index contributed by atoms with van der Waals surface area (Å²) in [6, 6.07) is 30.9. The second-order valence-corrected chi connectivity index (χ2v) is 13.0. The number of amides is 6. The lowest BCUT2D eigenvalue weighted by atomic mass is 10.1. The molecule has 59 heavy (non-hydrogen) atoms. The third kappa shape index (κ3) is 6.97. The van der Waals surface area contributed by atoms with E-state index in [1.807, 2.05) is 0 Å². The number of hydrogen-bond donors (Lipinski definition) is 2. The number of fused-ring (bicyclic) bond motifs is 2. The van der Waals surface area contributed by atoms with E-state index in [9.17, 15) is 49.0 Å². The molecule has 17 heteroatoms. The maximum absolute atomic E-state index is 13.4. The van der Waals surface area contributed by atoms with E-state index >= 15 is 0 Å². The normalized spacial score (nSPS) is 12.9. The van der Waals surface area contributed by atoms with Crippen molar-refractivity contribution in [2.45, 2.75) is 0 Å². The van der Waals surface area contributed by atoms with E-state index in [1.165, 1.54) is 133 Å². The van der Waals surface area contributed by atoms with Gasteiger partial charge in [-0.1, -0.05) is 12.1 Å². The minimum atomic E-state index is -0.660. The van der Waals surface area contributed by atoms with Gasteiger partial charge in [-0.2, -0.15) is 0 Å². The molecule has 8 rings (SSSR count). The number of non-ortho nitro benzene ring substituents is 2. The maximum atomic E-state index is 13.4. The van der Waals surface area contributed by atoms with Gasteiger partial charge in [0.05, 0.1) is 43.5 Å². The molecule has 0 fully saturated rings. The Balaban J connectivity index is 0.913. The Hall–Kier alpha value is -8.86. The number of imide groups is 2. The quantitative estimate of drug-likeness (QED) is 0.0789. The monoisotopic (exact) mass is 788 g/mol. The van der Waals surface area contributed by atoms with Gasteiger partial charge >= 0.3 is 0 Å². The van der Waals surface area contributed by atoms with Crippen molar-refractivity contribution in [3.05, 3.63) is 187 Å². The number of carbonyl (C=O) groups excluding carboxylic acids is 6. The van der Waals surface area contributed by atoms with Crippen LogP contribution in [0.1, 0.15) is 62.1 Å². The van der Waals surface area contributed by atoms with Gasteiger partial charge in [0, 0.05) is 46.8 Å². The van der Waals surface area contributed by atoms with E-state index in [2.05, 4.69) is 10.6 Å². The Labute approximate surface area is 331 Å². The first-order valence-electron chi connectivity index (χ1n) is 17.4. The van der Waals surface area contributed by atoms with Gasteiger partial charge in [0.15, 0.2) is 0 Å². The molecule has 288 valence electrons. The second kappa shape index (κ2) is 14.7. The summed E-state index contributed by atoms with van der Waals surface area (Å²) in [5, 5.41) is 27.3. The number of anilines is 4. The highest BCUT2D eigenvalue weighted by Gasteiger charge is 2.38. The van der Waals surface area contributed by atoms with Crippen LogP contribution in [0.4, 0.5) is 34.1 Å². The highest BCUT2D eigenvalue weighted by molar-refractivity contribution is 6.35. The summed E-state index contributed by atoms with van der Waals surface area (Å²) in [5.41, 5.74) is 0.701. The van der Waals surface area contributed by atoms with Crippen molar-refractivity contribution in [1.82, 2.24) is 0 Å². The molecule has 0 saturated heterocycles. The summed E-state index contributed by atoms with van der Waals surface area (Å²) < 4.78 is 5.93. The number of rotatable bonds is 10. The molecule has 0 saturated carbocycles.